The number of hydrogen-bond donors (Lipinski definition) is 0. The second-order valence-electron chi connectivity index (χ2n) is 7.71. The minimum atomic E-state index is -2.75. The molecule has 1 unspecified atom stereocenters. The summed E-state index contributed by atoms with van der Waals surface area (Å²) < 4.78 is 28.9. The highest BCUT2D eigenvalue weighted by molar-refractivity contribution is 5.29. The summed E-state index contributed by atoms with van der Waals surface area (Å²) in [5, 5.41) is 0. The molecule has 0 heterocycles. The summed E-state index contributed by atoms with van der Waals surface area (Å²) in [5.41, 5.74) is 2.95. The number of rotatable bonds is 6. The summed E-state index contributed by atoms with van der Waals surface area (Å²) in [6.45, 7) is -0.482. The van der Waals surface area contributed by atoms with Gasteiger partial charge in [-0.15, -0.1) is 0 Å². The third-order valence-electron chi connectivity index (χ3n) is 6.13. The van der Waals surface area contributed by atoms with Gasteiger partial charge in [-0.1, -0.05) is 37.1 Å². The van der Waals surface area contributed by atoms with Crippen LogP contribution in [-0.2, 0) is 0 Å². The van der Waals surface area contributed by atoms with E-state index in [-0.39, 0.29) is 5.75 Å². The molecule has 3 heteroatoms. The van der Waals surface area contributed by atoms with Gasteiger partial charge in [0.15, 0.2) is 0 Å². The average molecular weight is 348 g/mol. The fraction of sp³-hybridized carbons (Fsp3) is 0.636. The highest BCUT2D eigenvalue weighted by Crippen LogP contribution is 2.43. The van der Waals surface area contributed by atoms with Crippen LogP contribution in [0.2, 0.25) is 0 Å². The van der Waals surface area contributed by atoms with Crippen LogP contribution < -0.4 is 4.74 Å². The molecule has 0 bridgehead atoms. The van der Waals surface area contributed by atoms with Crippen molar-refractivity contribution in [1.29, 1.82) is 0 Å². The molecule has 2 aliphatic carbocycles. The molecule has 1 aromatic carbocycles. The summed E-state index contributed by atoms with van der Waals surface area (Å²) in [4.78, 5) is 0. The average Bonchev–Trinajstić information content (AvgIpc) is 2.63. The molecule has 0 saturated heterocycles. The van der Waals surface area contributed by atoms with Crippen molar-refractivity contribution in [2.75, 3.05) is 0 Å². The predicted octanol–water partition coefficient (Wildman–Crippen LogP) is 7.09. The van der Waals surface area contributed by atoms with Gasteiger partial charge in [0.25, 0.3) is 0 Å². The Kier molecular flexibility index (Phi) is 6.50. The van der Waals surface area contributed by atoms with Gasteiger partial charge < -0.3 is 4.74 Å². The molecular formula is C22H30F2O. The topological polar surface area (TPSA) is 9.23 Å². The first-order valence-corrected chi connectivity index (χ1v) is 9.88. The number of hydrogen-bond acceptors (Lipinski definition) is 1. The summed E-state index contributed by atoms with van der Waals surface area (Å²) in [5.74, 6) is 2.58. The van der Waals surface area contributed by atoms with E-state index in [1.807, 2.05) is 12.1 Å². The van der Waals surface area contributed by atoms with E-state index in [9.17, 15) is 8.78 Å². The Morgan fingerprint density at radius 1 is 1.00 bits per heavy atom. The van der Waals surface area contributed by atoms with E-state index in [2.05, 4.69) is 17.7 Å². The molecule has 1 aromatic rings. The lowest BCUT2D eigenvalue weighted by atomic mass is 9.70. The zero-order chi connectivity index (χ0) is 17.6. The number of halogens is 2. The van der Waals surface area contributed by atoms with Crippen molar-refractivity contribution >= 4 is 0 Å². The van der Waals surface area contributed by atoms with Crippen molar-refractivity contribution in [2.45, 2.75) is 77.2 Å². The monoisotopic (exact) mass is 348 g/mol. The Hall–Kier alpha value is -1.38. The number of allylic oxidation sites excluding steroid dienone is 2. The lowest BCUT2D eigenvalue weighted by Crippen LogP contribution is -2.22. The van der Waals surface area contributed by atoms with Gasteiger partial charge in [0.2, 0.25) is 0 Å². The van der Waals surface area contributed by atoms with Crippen LogP contribution in [0, 0.1) is 11.8 Å². The van der Waals surface area contributed by atoms with E-state index in [0.29, 0.717) is 5.92 Å². The van der Waals surface area contributed by atoms with Crippen LogP contribution >= 0.6 is 0 Å². The van der Waals surface area contributed by atoms with Gasteiger partial charge in [0.05, 0.1) is 0 Å². The largest absolute Gasteiger partial charge is 0.435 e. The molecule has 0 aromatic heterocycles. The second-order valence-corrected chi connectivity index (χ2v) is 7.71. The zero-order valence-corrected chi connectivity index (χ0v) is 15.2. The van der Waals surface area contributed by atoms with Crippen LogP contribution in [0.1, 0.15) is 76.2 Å². The lowest BCUT2D eigenvalue weighted by molar-refractivity contribution is -0.0498. The summed E-state index contributed by atoms with van der Waals surface area (Å²) in [7, 11) is 0. The van der Waals surface area contributed by atoms with Gasteiger partial charge in [0, 0.05) is 0 Å². The third kappa shape index (κ3) is 5.05. The van der Waals surface area contributed by atoms with E-state index < -0.39 is 6.61 Å². The maximum atomic E-state index is 12.2. The Morgan fingerprint density at radius 2 is 1.72 bits per heavy atom. The zero-order valence-electron chi connectivity index (χ0n) is 15.2. The smallest absolute Gasteiger partial charge is 0.387 e. The molecular weight excluding hydrogens is 318 g/mol. The normalized spacial score (nSPS) is 27.2. The molecule has 0 N–H and O–H groups in total. The van der Waals surface area contributed by atoms with Crippen LogP contribution in [0.4, 0.5) is 8.78 Å². The van der Waals surface area contributed by atoms with Gasteiger partial charge in [-0.2, -0.15) is 8.78 Å². The van der Waals surface area contributed by atoms with Crippen molar-refractivity contribution in [1.82, 2.24) is 0 Å². The molecule has 0 aliphatic heterocycles. The second kappa shape index (κ2) is 8.82. The molecule has 1 saturated carbocycles. The number of benzene rings is 1. The van der Waals surface area contributed by atoms with Crippen molar-refractivity contribution in [2.24, 2.45) is 11.8 Å². The first kappa shape index (κ1) is 18.4. The van der Waals surface area contributed by atoms with E-state index in [4.69, 9.17) is 0 Å². The quantitative estimate of drug-likeness (QED) is 0.499. The summed E-state index contributed by atoms with van der Waals surface area (Å²) in [6.07, 6.45) is 14.1. The molecule has 3 rings (SSSR count). The molecule has 25 heavy (non-hydrogen) atoms. The molecule has 0 spiro atoms. The Labute approximate surface area is 150 Å². The van der Waals surface area contributed by atoms with Crippen LogP contribution in [0.25, 0.3) is 0 Å². The van der Waals surface area contributed by atoms with E-state index >= 15 is 0 Å². The number of ether oxygens (including phenoxy) is 1. The fourth-order valence-corrected chi connectivity index (χ4v) is 4.73. The van der Waals surface area contributed by atoms with Crippen molar-refractivity contribution in [3.63, 3.8) is 0 Å². The van der Waals surface area contributed by atoms with E-state index in [0.717, 1.165) is 11.8 Å². The molecule has 0 amide bonds. The van der Waals surface area contributed by atoms with Gasteiger partial charge in [-0.05, 0) is 86.8 Å². The first-order chi connectivity index (χ1) is 12.2. The molecule has 0 radical (unpaired) electrons. The third-order valence-corrected chi connectivity index (χ3v) is 6.13. The van der Waals surface area contributed by atoms with Crippen LogP contribution in [0.5, 0.6) is 5.75 Å². The fourth-order valence-electron chi connectivity index (χ4n) is 4.73. The highest BCUT2D eigenvalue weighted by atomic mass is 19.3. The SMILES string of the molecule is CCCC1=CCC(C2CCC(c3ccc(OC(F)F)cc3)CC2)CC1. The standard InChI is InChI=1S/C22H30F2O/c1-2-3-16-4-6-17(7-5-16)18-8-10-19(11-9-18)20-12-14-21(15-13-20)25-22(23)24/h4,12-15,17-19,22H,2-3,5-11H2,1H3. The number of alkyl halides is 2. The van der Waals surface area contributed by atoms with E-state index in [1.54, 1.807) is 17.7 Å². The molecule has 1 fully saturated rings. The Balaban J connectivity index is 1.49. The maximum absolute atomic E-state index is 12.2. The van der Waals surface area contributed by atoms with E-state index in [1.165, 1.54) is 63.4 Å². The maximum Gasteiger partial charge on any atom is 0.387 e. The first-order valence-electron chi connectivity index (χ1n) is 9.88. The Morgan fingerprint density at radius 3 is 2.28 bits per heavy atom. The summed E-state index contributed by atoms with van der Waals surface area (Å²) >= 11 is 0. The van der Waals surface area contributed by atoms with Crippen molar-refractivity contribution in [3.8, 4) is 5.75 Å². The van der Waals surface area contributed by atoms with Gasteiger partial charge in [-0.25, -0.2) is 0 Å². The predicted molar refractivity (Wildman–Crippen MR) is 98.1 cm³/mol. The summed E-state index contributed by atoms with van der Waals surface area (Å²) in [6, 6.07) is 7.27. The molecule has 1 atom stereocenters. The molecule has 1 nitrogen and oxygen atoms in total. The van der Waals surface area contributed by atoms with Gasteiger partial charge >= 0.3 is 6.61 Å². The van der Waals surface area contributed by atoms with Gasteiger partial charge in [-0.3, -0.25) is 0 Å². The molecule has 2 aliphatic rings. The van der Waals surface area contributed by atoms with Crippen LogP contribution in [0.15, 0.2) is 35.9 Å². The van der Waals surface area contributed by atoms with Crippen LogP contribution in [-0.4, -0.2) is 6.61 Å². The highest BCUT2D eigenvalue weighted by Gasteiger charge is 2.29. The molecule has 138 valence electrons. The lowest BCUT2D eigenvalue weighted by Gasteiger charge is -2.35. The van der Waals surface area contributed by atoms with Crippen LogP contribution in [0.3, 0.4) is 0 Å². The van der Waals surface area contributed by atoms with Gasteiger partial charge in [0.1, 0.15) is 5.75 Å². The van der Waals surface area contributed by atoms with Crippen molar-refractivity contribution in [3.05, 3.63) is 41.5 Å². The Bertz CT molecular complexity index is 556. The minimum absolute atomic E-state index is 0.254. The van der Waals surface area contributed by atoms with Crippen molar-refractivity contribution < 1.29 is 13.5 Å². The minimum Gasteiger partial charge on any atom is -0.435 e.